The molecule has 9 nitrogen and oxygen atoms in total. The van der Waals surface area contributed by atoms with Gasteiger partial charge in [0, 0.05) is 12.4 Å². The Morgan fingerprint density at radius 2 is 2.00 bits per heavy atom. The second kappa shape index (κ2) is 9.99. The van der Waals surface area contributed by atoms with E-state index in [1.807, 2.05) is 0 Å². The number of carbonyl (C=O) groups is 2. The van der Waals surface area contributed by atoms with Gasteiger partial charge in [-0.1, -0.05) is 11.8 Å². The van der Waals surface area contributed by atoms with Crippen LogP contribution in [0.3, 0.4) is 0 Å². The lowest BCUT2D eigenvalue weighted by molar-refractivity contribution is -0.118. The summed E-state index contributed by atoms with van der Waals surface area (Å²) in [7, 11) is 2.64. The van der Waals surface area contributed by atoms with Crippen LogP contribution in [0.5, 0.6) is 11.5 Å². The smallest absolute Gasteiger partial charge is 0.493 e. The normalized spacial score (nSPS) is 10.4. The molecule has 10 heteroatoms. The highest BCUT2D eigenvalue weighted by molar-refractivity contribution is 7.99. The summed E-state index contributed by atoms with van der Waals surface area (Å²) in [6.45, 7) is 0. The number of aromatic nitrogens is 2. The van der Waals surface area contributed by atoms with Gasteiger partial charge in [0.2, 0.25) is 0 Å². The Hall–Kier alpha value is -3.14. The maximum absolute atomic E-state index is 11.7. The molecule has 1 heterocycles. The Balaban J connectivity index is 1.89. The highest BCUT2D eigenvalue weighted by Crippen LogP contribution is 2.27. The third-order valence-electron chi connectivity index (χ3n) is 2.82. The van der Waals surface area contributed by atoms with Crippen LogP contribution in [0.15, 0.2) is 46.9 Å². The number of hydrogen-bond donors (Lipinski definition) is 1. The number of methoxy groups -OCH3 is 2. The quantitative estimate of drug-likeness (QED) is 0.195. The summed E-state index contributed by atoms with van der Waals surface area (Å²) in [5.74, 6) is 0.370. The zero-order valence-corrected chi connectivity index (χ0v) is 14.9. The van der Waals surface area contributed by atoms with E-state index in [1.54, 1.807) is 30.6 Å². The van der Waals surface area contributed by atoms with Gasteiger partial charge in [-0.3, -0.25) is 4.79 Å². The fraction of sp³-hybridized carbons (Fsp3) is 0.188. The van der Waals surface area contributed by atoms with Crippen molar-refractivity contribution in [2.45, 2.75) is 5.16 Å². The van der Waals surface area contributed by atoms with Gasteiger partial charge in [0.05, 0.1) is 26.2 Å². The SMILES string of the molecule is COC(=O)Oc1ccc(/C=N\NC(=O)CSc2ncccn2)cc1OC. The third kappa shape index (κ3) is 6.06. The van der Waals surface area contributed by atoms with Crippen molar-refractivity contribution < 1.29 is 23.8 Å². The Morgan fingerprint density at radius 3 is 2.69 bits per heavy atom. The van der Waals surface area contributed by atoms with Crippen LogP contribution in [0.1, 0.15) is 5.56 Å². The van der Waals surface area contributed by atoms with Crippen LogP contribution in [0.2, 0.25) is 0 Å². The van der Waals surface area contributed by atoms with E-state index in [0.717, 1.165) is 0 Å². The molecule has 136 valence electrons. The molecule has 0 fully saturated rings. The molecule has 1 aromatic heterocycles. The van der Waals surface area contributed by atoms with Gasteiger partial charge in [0.1, 0.15) is 0 Å². The molecule has 0 aliphatic heterocycles. The number of hydrazone groups is 1. The van der Waals surface area contributed by atoms with E-state index in [4.69, 9.17) is 9.47 Å². The fourth-order valence-electron chi connectivity index (χ4n) is 1.68. The van der Waals surface area contributed by atoms with Crippen molar-refractivity contribution >= 4 is 30.0 Å². The van der Waals surface area contributed by atoms with Gasteiger partial charge in [-0.2, -0.15) is 5.10 Å². The van der Waals surface area contributed by atoms with E-state index in [0.29, 0.717) is 16.5 Å². The molecule has 1 N–H and O–H groups in total. The van der Waals surface area contributed by atoms with Gasteiger partial charge in [-0.15, -0.1) is 0 Å². The Bertz CT molecular complexity index is 785. The number of nitrogens with one attached hydrogen (secondary N) is 1. The summed E-state index contributed by atoms with van der Waals surface area (Å²) < 4.78 is 14.5. The van der Waals surface area contributed by atoms with Crippen LogP contribution in [-0.2, 0) is 9.53 Å². The van der Waals surface area contributed by atoms with Gasteiger partial charge in [-0.25, -0.2) is 20.2 Å². The van der Waals surface area contributed by atoms with Crippen LogP contribution in [0.25, 0.3) is 0 Å². The minimum absolute atomic E-state index is 0.135. The number of rotatable bonds is 7. The maximum Gasteiger partial charge on any atom is 0.513 e. The molecule has 0 aliphatic carbocycles. The zero-order valence-electron chi connectivity index (χ0n) is 14.0. The van der Waals surface area contributed by atoms with Crippen molar-refractivity contribution in [1.82, 2.24) is 15.4 Å². The van der Waals surface area contributed by atoms with Crippen LogP contribution >= 0.6 is 11.8 Å². The Kier molecular flexibility index (Phi) is 7.37. The van der Waals surface area contributed by atoms with E-state index >= 15 is 0 Å². The second-order valence-corrected chi connectivity index (χ2v) is 5.52. The molecule has 0 spiro atoms. The summed E-state index contributed by atoms with van der Waals surface area (Å²) in [4.78, 5) is 30.9. The van der Waals surface area contributed by atoms with Gasteiger partial charge in [-0.05, 0) is 29.8 Å². The van der Waals surface area contributed by atoms with Gasteiger partial charge < -0.3 is 14.2 Å². The molecule has 0 unspecified atom stereocenters. The van der Waals surface area contributed by atoms with E-state index < -0.39 is 6.16 Å². The molecular weight excluding hydrogens is 360 g/mol. The molecule has 0 radical (unpaired) electrons. The molecule has 26 heavy (non-hydrogen) atoms. The van der Waals surface area contributed by atoms with Crippen molar-refractivity contribution in [3.63, 3.8) is 0 Å². The monoisotopic (exact) mass is 376 g/mol. The number of amides is 1. The van der Waals surface area contributed by atoms with Crippen LogP contribution in [0, 0.1) is 0 Å². The summed E-state index contributed by atoms with van der Waals surface area (Å²) in [6, 6.07) is 6.47. The average Bonchev–Trinajstić information content (AvgIpc) is 2.68. The lowest BCUT2D eigenvalue weighted by atomic mass is 10.2. The first-order valence-electron chi connectivity index (χ1n) is 7.28. The summed E-state index contributed by atoms with van der Waals surface area (Å²) in [5, 5.41) is 4.38. The highest BCUT2D eigenvalue weighted by atomic mass is 32.2. The van der Waals surface area contributed by atoms with Crippen molar-refractivity contribution in [3.05, 3.63) is 42.2 Å². The minimum atomic E-state index is -0.850. The molecular formula is C16H16N4O5S. The largest absolute Gasteiger partial charge is 0.513 e. The third-order valence-corrected chi connectivity index (χ3v) is 3.70. The number of carbonyl (C=O) groups excluding carboxylic acids is 2. The molecule has 0 atom stereocenters. The molecule has 2 aromatic rings. The van der Waals surface area contributed by atoms with Gasteiger partial charge in [0.25, 0.3) is 5.91 Å². The van der Waals surface area contributed by atoms with E-state index in [2.05, 4.69) is 25.2 Å². The molecule has 0 saturated heterocycles. The first-order chi connectivity index (χ1) is 12.6. The standard InChI is InChI=1S/C16H16N4O5S/c1-23-13-8-11(4-5-12(13)25-16(22)24-2)9-19-20-14(21)10-26-15-17-6-3-7-18-15/h3-9H,10H2,1-2H3,(H,20,21)/b19-9-. The van der Waals surface area contributed by atoms with E-state index in [9.17, 15) is 9.59 Å². The molecule has 0 saturated carbocycles. The molecule has 0 aliphatic rings. The van der Waals surface area contributed by atoms with Crippen LogP contribution in [-0.4, -0.2) is 48.2 Å². The molecule has 2 rings (SSSR count). The highest BCUT2D eigenvalue weighted by Gasteiger charge is 2.10. The number of nitrogens with zero attached hydrogens (tertiary/aromatic N) is 3. The topological polar surface area (TPSA) is 112 Å². The molecule has 1 amide bonds. The second-order valence-electron chi connectivity index (χ2n) is 4.58. The van der Waals surface area contributed by atoms with Gasteiger partial charge >= 0.3 is 6.16 Å². The van der Waals surface area contributed by atoms with Gasteiger partial charge in [0.15, 0.2) is 16.7 Å². The number of hydrogen-bond acceptors (Lipinski definition) is 9. The minimum Gasteiger partial charge on any atom is -0.493 e. The summed E-state index contributed by atoms with van der Waals surface area (Å²) in [5.41, 5.74) is 3.04. The van der Waals surface area contributed by atoms with Crippen molar-refractivity contribution in [2.24, 2.45) is 5.10 Å². The van der Waals surface area contributed by atoms with Crippen molar-refractivity contribution in [3.8, 4) is 11.5 Å². The first kappa shape index (κ1) is 19.2. The first-order valence-corrected chi connectivity index (χ1v) is 8.26. The zero-order chi connectivity index (χ0) is 18.8. The van der Waals surface area contributed by atoms with Crippen molar-refractivity contribution in [2.75, 3.05) is 20.0 Å². The lowest BCUT2D eigenvalue weighted by Gasteiger charge is -2.08. The number of benzene rings is 1. The molecule has 1 aromatic carbocycles. The van der Waals surface area contributed by atoms with E-state index in [-0.39, 0.29) is 17.4 Å². The Morgan fingerprint density at radius 1 is 1.23 bits per heavy atom. The van der Waals surface area contributed by atoms with Crippen LogP contribution in [0.4, 0.5) is 4.79 Å². The summed E-state index contributed by atoms with van der Waals surface area (Å²) >= 11 is 1.20. The number of ether oxygens (including phenoxy) is 3. The van der Waals surface area contributed by atoms with E-state index in [1.165, 1.54) is 38.3 Å². The van der Waals surface area contributed by atoms with Crippen molar-refractivity contribution in [1.29, 1.82) is 0 Å². The lowest BCUT2D eigenvalue weighted by Crippen LogP contribution is -2.19. The van der Waals surface area contributed by atoms with Crippen LogP contribution < -0.4 is 14.9 Å². The summed E-state index contributed by atoms with van der Waals surface area (Å²) in [6.07, 6.45) is 3.79. The number of thioether (sulfide) groups is 1. The predicted octanol–water partition coefficient (Wildman–Crippen LogP) is 1.87. The average molecular weight is 376 g/mol. The molecule has 0 bridgehead atoms. The maximum atomic E-state index is 11.7. The predicted molar refractivity (Wildman–Crippen MR) is 94.5 cm³/mol. The fourth-order valence-corrected chi connectivity index (χ4v) is 2.28. The Labute approximate surface area is 153 Å².